The van der Waals surface area contributed by atoms with Gasteiger partial charge < -0.3 is 62.7 Å². The summed E-state index contributed by atoms with van der Waals surface area (Å²) in [4.78, 5) is 13.0. The van der Waals surface area contributed by atoms with Gasteiger partial charge in [-0.1, -0.05) is 0 Å². The average molecular weight is 605 g/mol. The van der Waals surface area contributed by atoms with E-state index in [9.17, 15) is 20.1 Å². The van der Waals surface area contributed by atoms with E-state index in [1.54, 1.807) is 31.2 Å². The third kappa shape index (κ3) is 5.18. The molecule has 0 spiro atoms. The number of methoxy groups -OCH3 is 3. The molecule has 234 valence electrons. The number of aromatic hydroxyl groups is 1. The van der Waals surface area contributed by atoms with E-state index in [0.717, 1.165) is 6.29 Å². The van der Waals surface area contributed by atoms with Gasteiger partial charge >= 0.3 is 0 Å². The van der Waals surface area contributed by atoms with Crippen LogP contribution in [-0.2, 0) is 28.5 Å². The Labute approximate surface area is 248 Å². The minimum Gasteiger partial charge on any atom is -0.502 e. The molecule has 10 atom stereocenters. The van der Waals surface area contributed by atoms with Gasteiger partial charge in [-0.3, -0.25) is 0 Å². The molecule has 4 aliphatic rings. The summed E-state index contributed by atoms with van der Waals surface area (Å²) in [5, 5.41) is 32.6. The standard InChI is InChI=1S/C30H36O13/c1-13-38-11-23-29(41-13)26(33)27(34)30(42-23)43-28-16-8-20-19(39-12-40-20)7-15(16)24(17(9-31)18(28)10-35-2)14-5-21(36-3)25(32)22(6-14)37-4/h5-9,13,17-18,23-24,26-30,32-34H,10-12H2,1-4H3/t13-,17+,18+,23-,24-,26-,27-,28-,29-,30+/m1/s1. The predicted molar refractivity (Wildman–Crippen MR) is 145 cm³/mol. The van der Waals surface area contributed by atoms with Gasteiger partial charge in [-0.25, -0.2) is 0 Å². The van der Waals surface area contributed by atoms with Crippen molar-refractivity contribution >= 4 is 6.29 Å². The molecule has 0 aromatic heterocycles. The van der Waals surface area contributed by atoms with Crippen molar-refractivity contribution in [1.82, 2.24) is 0 Å². The van der Waals surface area contributed by atoms with Crippen molar-refractivity contribution in [3.05, 3.63) is 41.0 Å². The van der Waals surface area contributed by atoms with E-state index in [-0.39, 0.29) is 37.3 Å². The van der Waals surface area contributed by atoms with Crippen LogP contribution < -0.4 is 18.9 Å². The Morgan fingerprint density at radius 3 is 2.26 bits per heavy atom. The summed E-state index contributed by atoms with van der Waals surface area (Å²) >= 11 is 0. The number of phenols is 1. The molecule has 0 bridgehead atoms. The number of fused-ring (bicyclic) bond motifs is 3. The molecule has 2 aromatic carbocycles. The van der Waals surface area contributed by atoms with E-state index in [1.807, 2.05) is 0 Å². The smallest absolute Gasteiger partial charge is 0.231 e. The molecular formula is C30H36O13. The fourth-order valence-electron chi connectivity index (χ4n) is 6.57. The van der Waals surface area contributed by atoms with Crippen LogP contribution in [0.1, 0.15) is 35.6 Å². The first-order chi connectivity index (χ1) is 20.8. The second kappa shape index (κ2) is 12.1. The predicted octanol–water partition coefficient (Wildman–Crippen LogP) is 1.63. The molecule has 2 fully saturated rings. The zero-order chi connectivity index (χ0) is 30.4. The number of carbonyl (C=O) groups excluding carboxylic acids is 1. The lowest BCUT2D eigenvalue weighted by Gasteiger charge is -2.48. The molecule has 0 radical (unpaired) electrons. The molecule has 6 rings (SSSR count). The van der Waals surface area contributed by atoms with Gasteiger partial charge in [0, 0.05) is 24.9 Å². The van der Waals surface area contributed by atoms with Crippen LogP contribution >= 0.6 is 0 Å². The number of carbonyl (C=O) groups is 1. The van der Waals surface area contributed by atoms with Crippen LogP contribution in [-0.4, -0.2) is 99.9 Å². The molecule has 2 aromatic rings. The number of phenolic OH excluding ortho intramolecular Hbond substituents is 1. The van der Waals surface area contributed by atoms with E-state index in [1.165, 1.54) is 21.3 Å². The first-order valence-electron chi connectivity index (χ1n) is 14.1. The third-order valence-corrected chi connectivity index (χ3v) is 8.63. The molecule has 0 saturated carbocycles. The monoisotopic (exact) mass is 604 g/mol. The highest BCUT2D eigenvalue weighted by Crippen LogP contribution is 2.54. The molecule has 43 heavy (non-hydrogen) atoms. The lowest BCUT2D eigenvalue weighted by molar-refractivity contribution is -0.365. The molecule has 13 heteroatoms. The molecule has 3 aliphatic heterocycles. The quantitative estimate of drug-likeness (QED) is 0.373. The van der Waals surface area contributed by atoms with Gasteiger partial charge in [-0.05, 0) is 47.9 Å². The van der Waals surface area contributed by atoms with Gasteiger partial charge in [0.1, 0.15) is 30.7 Å². The summed E-state index contributed by atoms with van der Waals surface area (Å²) in [6, 6.07) is 6.91. The summed E-state index contributed by atoms with van der Waals surface area (Å²) in [6.45, 7) is 1.96. The van der Waals surface area contributed by atoms with E-state index in [4.69, 9.17) is 42.6 Å². The van der Waals surface area contributed by atoms with Crippen LogP contribution in [0.3, 0.4) is 0 Å². The minimum atomic E-state index is -1.45. The van der Waals surface area contributed by atoms with Gasteiger partial charge in [0.2, 0.25) is 12.5 Å². The zero-order valence-corrected chi connectivity index (χ0v) is 24.2. The number of aliphatic hydroxyl groups is 2. The fourth-order valence-corrected chi connectivity index (χ4v) is 6.57. The second-order valence-corrected chi connectivity index (χ2v) is 11.0. The number of hydrogen-bond acceptors (Lipinski definition) is 13. The Bertz CT molecular complexity index is 1310. The molecule has 3 N–H and O–H groups in total. The number of aldehydes is 1. The van der Waals surface area contributed by atoms with Gasteiger partial charge in [0.25, 0.3) is 0 Å². The normalized spacial score (nSPS) is 34.7. The second-order valence-electron chi connectivity index (χ2n) is 11.0. The van der Waals surface area contributed by atoms with Crippen LogP contribution in [0.25, 0.3) is 0 Å². The van der Waals surface area contributed by atoms with Gasteiger partial charge in [0.05, 0.1) is 33.5 Å². The lowest BCUT2D eigenvalue weighted by Crippen LogP contribution is -2.63. The summed E-state index contributed by atoms with van der Waals surface area (Å²) in [5.74, 6) is -0.716. The summed E-state index contributed by atoms with van der Waals surface area (Å²) in [5.41, 5.74) is 1.98. The molecule has 0 amide bonds. The van der Waals surface area contributed by atoms with Gasteiger partial charge in [-0.2, -0.15) is 0 Å². The van der Waals surface area contributed by atoms with Crippen molar-refractivity contribution in [3.63, 3.8) is 0 Å². The molecule has 1 aliphatic carbocycles. The first-order valence-corrected chi connectivity index (χ1v) is 14.1. The van der Waals surface area contributed by atoms with E-state index < -0.39 is 60.9 Å². The highest BCUT2D eigenvalue weighted by Gasteiger charge is 2.52. The number of ether oxygens (including phenoxy) is 9. The molecule has 3 heterocycles. The van der Waals surface area contributed by atoms with Crippen LogP contribution in [0.4, 0.5) is 0 Å². The Hall–Kier alpha value is -3.17. The molecule has 0 unspecified atom stereocenters. The Morgan fingerprint density at radius 2 is 1.63 bits per heavy atom. The van der Waals surface area contributed by atoms with Crippen molar-refractivity contribution in [2.75, 3.05) is 41.3 Å². The third-order valence-electron chi connectivity index (χ3n) is 8.63. The van der Waals surface area contributed by atoms with Crippen molar-refractivity contribution in [1.29, 1.82) is 0 Å². The SMILES string of the molecule is COC[C@H]1[C@H](C=O)[C@H](c2cc(OC)c(O)c(OC)c2)c2cc3c(cc2[C@H]1O[C@@H]1O[C@@H]2CO[C@@H](C)O[C@H]2[C@H](O)[C@H]1O)OCO3. The summed E-state index contributed by atoms with van der Waals surface area (Å²) in [7, 11) is 4.38. The van der Waals surface area contributed by atoms with E-state index in [0.29, 0.717) is 28.2 Å². The number of aliphatic hydroxyl groups excluding tert-OH is 2. The highest BCUT2D eigenvalue weighted by molar-refractivity contribution is 5.65. The number of hydrogen-bond donors (Lipinski definition) is 3. The van der Waals surface area contributed by atoms with Crippen molar-refractivity contribution in [2.45, 2.75) is 55.9 Å². The first kappa shape index (κ1) is 29.9. The van der Waals surface area contributed by atoms with E-state index >= 15 is 0 Å². The molecule has 2 saturated heterocycles. The molecule has 13 nitrogen and oxygen atoms in total. The Morgan fingerprint density at radius 1 is 0.953 bits per heavy atom. The maximum Gasteiger partial charge on any atom is 0.231 e. The summed E-state index contributed by atoms with van der Waals surface area (Å²) < 4.78 is 51.6. The zero-order valence-electron chi connectivity index (χ0n) is 24.2. The number of benzene rings is 2. The Balaban J connectivity index is 1.45. The Kier molecular flexibility index (Phi) is 8.39. The highest BCUT2D eigenvalue weighted by atomic mass is 16.8. The molecular weight excluding hydrogens is 568 g/mol. The van der Waals surface area contributed by atoms with Crippen LogP contribution in [0, 0.1) is 11.8 Å². The maximum absolute atomic E-state index is 13.0. The van der Waals surface area contributed by atoms with Crippen LogP contribution in [0.2, 0.25) is 0 Å². The van der Waals surface area contributed by atoms with Gasteiger partial charge in [0.15, 0.2) is 35.6 Å². The van der Waals surface area contributed by atoms with Crippen LogP contribution in [0.5, 0.6) is 28.7 Å². The van der Waals surface area contributed by atoms with Crippen molar-refractivity contribution < 1.29 is 62.7 Å². The maximum atomic E-state index is 13.0. The number of rotatable bonds is 8. The van der Waals surface area contributed by atoms with Crippen molar-refractivity contribution in [3.8, 4) is 28.7 Å². The topological polar surface area (TPSA) is 161 Å². The van der Waals surface area contributed by atoms with Crippen LogP contribution in [0.15, 0.2) is 24.3 Å². The fraction of sp³-hybridized carbons (Fsp3) is 0.567. The van der Waals surface area contributed by atoms with Gasteiger partial charge in [-0.15, -0.1) is 0 Å². The largest absolute Gasteiger partial charge is 0.502 e. The van der Waals surface area contributed by atoms with Crippen molar-refractivity contribution in [2.24, 2.45) is 11.8 Å². The summed E-state index contributed by atoms with van der Waals surface area (Å²) in [6.07, 6.45) is -6.09. The minimum absolute atomic E-state index is 0.0199. The van der Waals surface area contributed by atoms with E-state index in [2.05, 4.69) is 0 Å². The lowest BCUT2D eigenvalue weighted by atomic mass is 9.65. The average Bonchev–Trinajstić information content (AvgIpc) is 3.47.